The average molecular weight is 184 g/mol. The monoisotopic (exact) mass is 184 g/mol. The van der Waals surface area contributed by atoms with E-state index in [1.165, 1.54) is 32.4 Å². The Kier molecular flexibility index (Phi) is 3.19. The maximum atomic E-state index is 9.82. The Morgan fingerprint density at radius 1 is 1.15 bits per heavy atom. The Balaban J connectivity index is 1.88. The molecule has 2 aliphatic rings. The predicted octanol–water partition coefficient (Wildman–Crippen LogP) is 0.195. The summed E-state index contributed by atoms with van der Waals surface area (Å²) in [5.74, 6) is 0. The molecule has 0 aromatic carbocycles. The van der Waals surface area contributed by atoms with Gasteiger partial charge in [-0.2, -0.15) is 0 Å². The van der Waals surface area contributed by atoms with E-state index in [2.05, 4.69) is 10.2 Å². The highest BCUT2D eigenvalue weighted by Crippen LogP contribution is 2.18. The molecule has 2 aliphatic heterocycles. The van der Waals surface area contributed by atoms with Crippen LogP contribution in [0.3, 0.4) is 0 Å². The number of aliphatic hydroxyl groups is 1. The van der Waals surface area contributed by atoms with E-state index in [4.69, 9.17) is 0 Å². The van der Waals surface area contributed by atoms with Crippen LogP contribution in [0.25, 0.3) is 0 Å². The number of likely N-dealkylation sites (tertiary alicyclic amines) is 1. The quantitative estimate of drug-likeness (QED) is 0.611. The lowest BCUT2D eigenvalue weighted by atomic mass is 9.99. The van der Waals surface area contributed by atoms with Crippen LogP contribution in [0.15, 0.2) is 0 Å². The summed E-state index contributed by atoms with van der Waals surface area (Å²) in [4.78, 5) is 2.48. The van der Waals surface area contributed by atoms with Gasteiger partial charge in [0.2, 0.25) is 0 Å². The number of β-amino-alcohol motifs (C(OH)–C–C–N with tert-alkyl or cyclic N) is 1. The number of nitrogens with one attached hydrogen (secondary N) is 1. The third kappa shape index (κ3) is 2.22. The summed E-state index contributed by atoms with van der Waals surface area (Å²) in [5.41, 5.74) is 0. The molecule has 2 heterocycles. The van der Waals surface area contributed by atoms with Gasteiger partial charge in [0.25, 0.3) is 0 Å². The van der Waals surface area contributed by atoms with Crippen molar-refractivity contribution in [3.8, 4) is 0 Å². The summed E-state index contributed by atoms with van der Waals surface area (Å²) in [7, 11) is 0. The first-order valence-corrected chi connectivity index (χ1v) is 5.51. The number of hydrogen-bond acceptors (Lipinski definition) is 3. The zero-order valence-corrected chi connectivity index (χ0v) is 8.21. The first-order valence-electron chi connectivity index (χ1n) is 5.51. The molecule has 3 heteroatoms. The van der Waals surface area contributed by atoms with E-state index in [1.54, 1.807) is 0 Å². The molecule has 3 nitrogen and oxygen atoms in total. The van der Waals surface area contributed by atoms with Crippen molar-refractivity contribution in [2.45, 2.75) is 37.8 Å². The number of nitrogens with zero attached hydrogens (tertiary/aromatic N) is 1. The molecule has 0 saturated carbocycles. The fourth-order valence-corrected chi connectivity index (χ4v) is 2.50. The van der Waals surface area contributed by atoms with E-state index in [0.717, 1.165) is 19.5 Å². The van der Waals surface area contributed by atoms with Crippen molar-refractivity contribution in [1.82, 2.24) is 10.2 Å². The predicted molar refractivity (Wildman–Crippen MR) is 52.7 cm³/mol. The molecule has 13 heavy (non-hydrogen) atoms. The van der Waals surface area contributed by atoms with E-state index >= 15 is 0 Å². The minimum Gasteiger partial charge on any atom is -0.390 e. The van der Waals surface area contributed by atoms with Gasteiger partial charge in [-0.05, 0) is 38.9 Å². The van der Waals surface area contributed by atoms with Crippen LogP contribution in [0.4, 0.5) is 0 Å². The maximum absolute atomic E-state index is 9.82. The van der Waals surface area contributed by atoms with Gasteiger partial charge in [-0.1, -0.05) is 6.42 Å². The second-order valence-electron chi connectivity index (χ2n) is 4.22. The average Bonchev–Trinajstić information content (AvgIpc) is 2.20. The van der Waals surface area contributed by atoms with E-state index in [-0.39, 0.29) is 6.10 Å². The van der Waals surface area contributed by atoms with E-state index in [9.17, 15) is 5.11 Å². The molecule has 2 saturated heterocycles. The molecule has 0 amide bonds. The zero-order valence-electron chi connectivity index (χ0n) is 8.21. The Hall–Kier alpha value is -0.120. The fraction of sp³-hybridized carbons (Fsp3) is 1.00. The fourth-order valence-electron chi connectivity index (χ4n) is 2.50. The normalized spacial score (nSPS) is 37.6. The minimum absolute atomic E-state index is 0.146. The van der Waals surface area contributed by atoms with Gasteiger partial charge in [-0.3, -0.25) is 4.90 Å². The highest BCUT2D eigenvalue weighted by atomic mass is 16.3. The van der Waals surface area contributed by atoms with Crippen molar-refractivity contribution in [1.29, 1.82) is 0 Å². The standard InChI is InChI=1S/C10H20N2O/c13-10-8-11-5-4-9(10)12-6-2-1-3-7-12/h9-11,13H,1-8H2. The Bertz CT molecular complexity index is 157. The van der Waals surface area contributed by atoms with Gasteiger partial charge < -0.3 is 10.4 Å². The summed E-state index contributed by atoms with van der Waals surface area (Å²) >= 11 is 0. The summed E-state index contributed by atoms with van der Waals surface area (Å²) in [6, 6.07) is 0.432. The van der Waals surface area contributed by atoms with Crippen molar-refractivity contribution >= 4 is 0 Å². The molecule has 0 aromatic rings. The van der Waals surface area contributed by atoms with Crippen molar-refractivity contribution in [3.63, 3.8) is 0 Å². The molecule has 2 unspecified atom stereocenters. The lowest BCUT2D eigenvalue weighted by molar-refractivity contribution is 0.0199. The SMILES string of the molecule is OC1CNCCC1N1CCCCC1. The molecule has 0 aliphatic carbocycles. The third-order valence-electron chi connectivity index (χ3n) is 3.27. The Morgan fingerprint density at radius 3 is 2.62 bits per heavy atom. The third-order valence-corrected chi connectivity index (χ3v) is 3.27. The van der Waals surface area contributed by atoms with Crippen LogP contribution < -0.4 is 5.32 Å². The highest BCUT2D eigenvalue weighted by molar-refractivity contribution is 4.86. The second kappa shape index (κ2) is 4.40. The lowest BCUT2D eigenvalue weighted by Gasteiger charge is -2.39. The van der Waals surface area contributed by atoms with Crippen molar-refractivity contribution in [3.05, 3.63) is 0 Å². The van der Waals surface area contributed by atoms with Crippen LogP contribution in [0.2, 0.25) is 0 Å². The van der Waals surface area contributed by atoms with Gasteiger partial charge in [-0.15, -0.1) is 0 Å². The van der Waals surface area contributed by atoms with Crippen molar-refractivity contribution < 1.29 is 5.11 Å². The molecule has 2 N–H and O–H groups in total. The molecule has 76 valence electrons. The van der Waals surface area contributed by atoms with Gasteiger partial charge in [0.15, 0.2) is 0 Å². The second-order valence-corrected chi connectivity index (χ2v) is 4.22. The van der Waals surface area contributed by atoms with Gasteiger partial charge in [0.05, 0.1) is 6.10 Å². The van der Waals surface area contributed by atoms with Crippen LogP contribution in [0.5, 0.6) is 0 Å². The van der Waals surface area contributed by atoms with E-state index in [0.29, 0.717) is 6.04 Å². The first-order chi connectivity index (χ1) is 6.38. The smallest absolute Gasteiger partial charge is 0.0819 e. The van der Waals surface area contributed by atoms with Crippen molar-refractivity contribution in [2.24, 2.45) is 0 Å². The highest BCUT2D eigenvalue weighted by Gasteiger charge is 2.28. The number of hydrogen-bond donors (Lipinski definition) is 2. The van der Waals surface area contributed by atoms with Gasteiger partial charge >= 0.3 is 0 Å². The van der Waals surface area contributed by atoms with Crippen LogP contribution >= 0.6 is 0 Å². The summed E-state index contributed by atoms with van der Waals surface area (Å²) < 4.78 is 0. The number of aliphatic hydroxyl groups excluding tert-OH is 1. The topological polar surface area (TPSA) is 35.5 Å². The Labute approximate surface area is 80.1 Å². The van der Waals surface area contributed by atoms with E-state index in [1.807, 2.05) is 0 Å². The molecular formula is C10H20N2O. The molecule has 2 atom stereocenters. The molecule has 0 bridgehead atoms. The van der Waals surface area contributed by atoms with Crippen LogP contribution in [-0.4, -0.2) is 48.3 Å². The number of piperidine rings is 2. The van der Waals surface area contributed by atoms with Gasteiger partial charge in [-0.25, -0.2) is 0 Å². The summed E-state index contributed by atoms with van der Waals surface area (Å²) in [6.07, 6.45) is 4.97. The summed E-state index contributed by atoms with van der Waals surface area (Å²) in [6.45, 7) is 4.24. The van der Waals surface area contributed by atoms with Crippen molar-refractivity contribution in [2.75, 3.05) is 26.2 Å². The van der Waals surface area contributed by atoms with Gasteiger partial charge in [0.1, 0.15) is 0 Å². The zero-order chi connectivity index (χ0) is 9.10. The maximum Gasteiger partial charge on any atom is 0.0819 e. The Morgan fingerprint density at radius 2 is 1.92 bits per heavy atom. The molecule has 0 aromatic heterocycles. The largest absolute Gasteiger partial charge is 0.390 e. The molecule has 0 radical (unpaired) electrons. The first kappa shape index (κ1) is 9.44. The van der Waals surface area contributed by atoms with Crippen LogP contribution in [-0.2, 0) is 0 Å². The van der Waals surface area contributed by atoms with Crippen LogP contribution in [0.1, 0.15) is 25.7 Å². The molecule has 2 fully saturated rings. The minimum atomic E-state index is -0.146. The van der Waals surface area contributed by atoms with E-state index < -0.39 is 0 Å². The number of rotatable bonds is 1. The van der Waals surface area contributed by atoms with Gasteiger partial charge in [0, 0.05) is 12.6 Å². The van der Waals surface area contributed by atoms with Crippen LogP contribution in [0, 0.1) is 0 Å². The molecular weight excluding hydrogens is 164 g/mol. The lowest BCUT2D eigenvalue weighted by Crippen LogP contribution is -2.54. The summed E-state index contributed by atoms with van der Waals surface area (Å²) in [5, 5.41) is 13.0. The molecule has 0 spiro atoms. The molecule has 2 rings (SSSR count).